The molecule has 6 heteroatoms. The van der Waals surface area contributed by atoms with Crippen LogP contribution in [-0.4, -0.2) is 43.9 Å². The Bertz CT molecular complexity index is 462. The van der Waals surface area contributed by atoms with Crippen molar-refractivity contribution in [2.75, 3.05) is 31.7 Å². The van der Waals surface area contributed by atoms with Gasteiger partial charge >= 0.3 is 0 Å². The Balaban J connectivity index is 1.72. The number of nitrogens with zero attached hydrogens (tertiary/aromatic N) is 2. The van der Waals surface area contributed by atoms with Crippen LogP contribution >= 0.6 is 11.3 Å². The van der Waals surface area contributed by atoms with Crippen molar-refractivity contribution >= 4 is 16.5 Å². The first kappa shape index (κ1) is 15.2. The van der Waals surface area contributed by atoms with Crippen LogP contribution < -0.4 is 10.2 Å². The number of methoxy groups -OCH3 is 1. The summed E-state index contributed by atoms with van der Waals surface area (Å²) in [6.45, 7) is 6.45. The van der Waals surface area contributed by atoms with Crippen molar-refractivity contribution in [2.24, 2.45) is 0 Å². The largest absolute Gasteiger partial charge is 0.378 e. The van der Waals surface area contributed by atoms with Crippen molar-refractivity contribution in [1.29, 1.82) is 0 Å². The van der Waals surface area contributed by atoms with Gasteiger partial charge in [0, 0.05) is 44.3 Å². The average molecular weight is 311 g/mol. The smallest absolute Gasteiger partial charge is 0.186 e. The van der Waals surface area contributed by atoms with E-state index in [-0.39, 0.29) is 6.10 Å². The molecule has 0 bridgehead atoms. The lowest BCUT2D eigenvalue weighted by Crippen LogP contribution is -2.29. The van der Waals surface area contributed by atoms with Crippen LogP contribution in [0.15, 0.2) is 0 Å². The van der Waals surface area contributed by atoms with Crippen molar-refractivity contribution in [3.8, 4) is 0 Å². The van der Waals surface area contributed by atoms with Crippen LogP contribution in [0, 0.1) is 0 Å². The van der Waals surface area contributed by atoms with E-state index in [1.165, 1.54) is 17.7 Å². The summed E-state index contributed by atoms with van der Waals surface area (Å²) >= 11 is 1.80. The van der Waals surface area contributed by atoms with Gasteiger partial charge in [-0.1, -0.05) is 0 Å². The summed E-state index contributed by atoms with van der Waals surface area (Å²) < 4.78 is 11.0. The zero-order valence-corrected chi connectivity index (χ0v) is 13.7. The summed E-state index contributed by atoms with van der Waals surface area (Å²) in [6, 6.07) is 0.720. The van der Waals surface area contributed by atoms with Crippen LogP contribution in [0.4, 0.5) is 5.13 Å². The van der Waals surface area contributed by atoms with Crippen molar-refractivity contribution in [1.82, 2.24) is 10.3 Å². The summed E-state index contributed by atoms with van der Waals surface area (Å²) in [5.74, 6) is 0. The fourth-order valence-electron chi connectivity index (χ4n) is 2.59. The van der Waals surface area contributed by atoms with Gasteiger partial charge in [0.25, 0.3) is 0 Å². The molecule has 1 aliphatic carbocycles. The number of ether oxygens (including phenoxy) is 2. The molecule has 118 valence electrons. The first-order valence-electron chi connectivity index (χ1n) is 7.83. The first-order chi connectivity index (χ1) is 10.3. The summed E-state index contributed by atoms with van der Waals surface area (Å²) in [5, 5.41) is 4.70. The molecule has 21 heavy (non-hydrogen) atoms. The molecule has 2 heterocycles. The molecule has 0 aromatic carbocycles. The molecule has 3 rings (SSSR count). The highest BCUT2D eigenvalue weighted by molar-refractivity contribution is 7.15. The molecule has 1 aliphatic heterocycles. The summed E-state index contributed by atoms with van der Waals surface area (Å²) in [6.07, 6.45) is 3.97. The molecule has 1 saturated heterocycles. The van der Waals surface area contributed by atoms with Gasteiger partial charge in [-0.3, -0.25) is 0 Å². The molecule has 0 amide bonds. The number of hydrogen-bond acceptors (Lipinski definition) is 6. The Hall–Kier alpha value is -0.690. The third-order valence-corrected chi connectivity index (χ3v) is 5.06. The quantitative estimate of drug-likeness (QED) is 0.872. The molecule has 2 aliphatic rings. The molecule has 0 radical (unpaired) electrons. The Labute approximate surface area is 130 Å². The summed E-state index contributed by atoms with van der Waals surface area (Å²) in [7, 11) is 1.74. The minimum Gasteiger partial charge on any atom is -0.378 e. The van der Waals surface area contributed by atoms with E-state index >= 15 is 0 Å². The number of thiazole rings is 1. The lowest BCUT2D eigenvalue weighted by molar-refractivity contribution is 0.0821. The SMILES string of the molecule is COCc1nc(N2CCCOC(C)C2)sc1CNC1CC1. The van der Waals surface area contributed by atoms with Gasteiger partial charge in [-0.25, -0.2) is 4.98 Å². The van der Waals surface area contributed by atoms with Gasteiger partial charge in [0.2, 0.25) is 0 Å². The molecule has 0 spiro atoms. The summed E-state index contributed by atoms with van der Waals surface area (Å²) in [5.41, 5.74) is 1.09. The van der Waals surface area contributed by atoms with E-state index in [2.05, 4.69) is 17.1 Å². The molecule has 1 aromatic rings. The van der Waals surface area contributed by atoms with Gasteiger partial charge in [0.1, 0.15) is 0 Å². The maximum absolute atomic E-state index is 5.72. The average Bonchev–Trinajstić information content (AvgIpc) is 3.24. The monoisotopic (exact) mass is 311 g/mol. The van der Waals surface area contributed by atoms with Crippen LogP contribution in [0.25, 0.3) is 0 Å². The predicted molar refractivity (Wildman–Crippen MR) is 84.9 cm³/mol. The van der Waals surface area contributed by atoms with Crippen LogP contribution in [0.3, 0.4) is 0 Å². The molecule has 1 unspecified atom stereocenters. The van der Waals surface area contributed by atoms with E-state index in [4.69, 9.17) is 14.5 Å². The van der Waals surface area contributed by atoms with E-state index in [0.717, 1.165) is 49.5 Å². The number of hydrogen-bond donors (Lipinski definition) is 1. The summed E-state index contributed by atoms with van der Waals surface area (Å²) in [4.78, 5) is 8.50. The lowest BCUT2D eigenvalue weighted by Gasteiger charge is -2.20. The van der Waals surface area contributed by atoms with E-state index in [1.54, 1.807) is 18.4 Å². The Morgan fingerprint density at radius 3 is 3.10 bits per heavy atom. The molecular formula is C15H25N3O2S. The van der Waals surface area contributed by atoms with Gasteiger partial charge in [0.05, 0.1) is 18.4 Å². The van der Waals surface area contributed by atoms with Gasteiger partial charge in [-0.15, -0.1) is 11.3 Å². The van der Waals surface area contributed by atoms with Gasteiger partial charge in [0.15, 0.2) is 5.13 Å². The van der Waals surface area contributed by atoms with Gasteiger partial charge in [-0.05, 0) is 26.2 Å². The zero-order valence-electron chi connectivity index (χ0n) is 12.9. The van der Waals surface area contributed by atoms with Crippen LogP contribution in [0.2, 0.25) is 0 Å². The maximum atomic E-state index is 5.72. The molecule has 1 saturated carbocycles. The number of anilines is 1. The van der Waals surface area contributed by atoms with E-state index in [1.807, 2.05) is 0 Å². The Kier molecular flexibility index (Phi) is 5.11. The van der Waals surface area contributed by atoms with E-state index in [0.29, 0.717) is 6.61 Å². The molecular weight excluding hydrogens is 286 g/mol. The second-order valence-electron chi connectivity index (χ2n) is 5.94. The van der Waals surface area contributed by atoms with E-state index < -0.39 is 0 Å². The first-order valence-corrected chi connectivity index (χ1v) is 8.65. The molecule has 1 aromatic heterocycles. The van der Waals surface area contributed by atoms with Crippen LogP contribution in [0.5, 0.6) is 0 Å². The molecule has 1 atom stereocenters. The standard InChI is InChI=1S/C15H25N3O2S/c1-11-9-18(6-3-7-20-11)15-17-13(10-19-2)14(21-15)8-16-12-4-5-12/h11-12,16H,3-10H2,1-2H3. The zero-order chi connectivity index (χ0) is 14.7. The lowest BCUT2D eigenvalue weighted by atomic mass is 10.3. The third kappa shape index (κ3) is 4.16. The highest BCUT2D eigenvalue weighted by Gasteiger charge is 2.23. The highest BCUT2D eigenvalue weighted by atomic mass is 32.1. The third-order valence-electron chi connectivity index (χ3n) is 3.90. The number of nitrogens with one attached hydrogen (secondary N) is 1. The topological polar surface area (TPSA) is 46.6 Å². The van der Waals surface area contributed by atoms with Gasteiger partial charge in [-0.2, -0.15) is 0 Å². The Morgan fingerprint density at radius 2 is 2.33 bits per heavy atom. The molecule has 2 fully saturated rings. The van der Waals surface area contributed by atoms with Crippen molar-refractivity contribution in [3.63, 3.8) is 0 Å². The second-order valence-corrected chi connectivity index (χ2v) is 7.00. The fourth-order valence-corrected chi connectivity index (χ4v) is 3.63. The minimum absolute atomic E-state index is 0.273. The van der Waals surface area contributed by atoms with Crippen LogP contribution in [0.1, 0.15) is 36.8 Å². The predicted octanol–water partition coefficient (Wildman–Crippen LogP) is 2.16. The fraction of sp³-hybridized carbons (Fsp3) is 0.800. The van der Waals surface area contributed by atoms with Crippen molar-refractivity contribution in [2.45, 2.75) is 51.5 Å². The Morgan fingerprint density at radius 1 is 1.48 bits per heavy atom. The highest BCUT2D eigenvalue weighted by Crippen LogP contribution is 2.29. The second kappa shape index (κ2) is 7.05. The minimum atomic E-state index is 0.273. The maximum Gasteiger partial charge on any atom is 0.186 e. The number of rotatable bonds is 6. The van der Waals surface area contributed by atoms with E-state index in [9.17, 15) is 0 Å². The van der Waals surface area contributed by atoms with Crippen molar-refractivity contribution < 1.29 is 9.47 Å². The molecule has 1 N–H and O–H groups in total. The van der Waals surface area contributed by atoms with Crippen molar-refractivity contribution in [3.05, 3.63) is 10.6 Å². The molecule has 5 nitrogen and oxygen atoms in total. The van der Waals surface area contributed by atoms with Gasteiger partial charge < -0.3 is 19.7 Å². The van der Waals surface area contributed by atoms with Crippen LogP contribution in [-0.2, 0) is 22.6 Å². The number of aromatic nitrogens is 1. The normalized spacial score (nSPS) is 23.3.